The summed E-state index contributed by atoms with van der Waals surface area (Å²) in [5.41, 5.74) is -0.427. The minimum atomic E-state index is -0.672. The number of carbonyl (C=O) groups is 1. The predicted molar refractivity (Wildman–Crippen MR) is 80.8 cm³/mol. The fraction of sp³-hybridized carbons (Fsp3) is 0.462. The number of carbonyl (C=O) groups excluding carboxylic acids is 1. The third kappa shape index (κ3) is 4.21. The van der Waals surface area contributed by atoms with E-state index in [1.54, 1.807) is 4.90 Å². The molecule has 3 N–H and O–H groups in total. The highest BCUT2D eigenvalue weighted by Crippen LogP contribution is 2.26. The van der Waals surface area contributed by atoms with Crippen LogP contribution in [0.1, 0.15) is 25.7 Å². The van der Waals surface area contributed by atoms with E-state index < -0.39 is 5.23 Å². The van der Waals surface area contributed by atoms with Crippen LogP contribution in [-0.2, 0) is 0 Å². The summed E-state index contributed by atoms with van der Waals surface area (Å²) in [5.74, 6) is 0. The highest BCUT2D eigenvalue weighted by atomic mass is 16.8. The molecule has 1 aliphatic rings. The van der Waals surface area contributed by atoms with Gasteiger partial charge in [-0.15, -0.1) is 5.23 Å². The first-order valence-electron chi connectivity index (χ1n) is 7.00. The minimum absolute atomic E-state index is 0.131. The van der Waals surface area contributed by atoms with Crippen LogP contribution in [-0.4, -0.2) is 34.4 Å². The first kappa shape index (κ1) is 16.3. The predicted octanol–water partition coefficient (Wildman–Crippen LogP) is 2.48. The molecule has 1 aromatic carbocycles. The summed E-state index contributed by atoms with van der Waals surface area (Å²) in [7, 11) is 0. The summed E-state index contributed by atoms with van der Waals surface area (Å²) in [5, 5.41) is 41.4. The lowest BCUT2D eigenvalue weighted by Gasteiger charge is -2.38. The van der Waals surface area contributed by atoms with Gasteiger partial charge in [-0.2, -0.15) is 0 Å². The molecule has 0 unspecified atom stereocenters. The first-order chi connectivity index (χ1) is 10.5. The Morgan fingerprint density at radius 3 is 2.18 bits per heavy atom. The van der Waals surface area contributed by atoms with Gasteiger partial charge in [0.05, 0.1) is 5.69 Å². The molecule has 1 heterocycles. The Hall–Kier alpha value is -2.07. The van der Waals surface area contributed by atoms with Gasteiger partial charge in [0.2, 0.25) is 0 Å². The van der Waals surface area contributed by atoms with Crippen LogP contribution >= 0.6 is 0 Å². The van der Waals surface area contributed by atoms with Crippen molar-refractivity contribution in [2.75, 3.05) is 28.9 Å². The molecule has 1 aromatic rings. The van der Waals surface area contributed by atoms with Crippen LogP contribution in [0.3, 0.4) is 0 Å². The molecule has 2 amide bonds. The van der Waals surface area contributed by atoms with Gasteiger partial charge in [0.1, 0.15) is 0 Å². The van der Waals surface area contributed by atoms with Crippen LogP contribution in [0.5, 0.6) is 0 Å². The lowest BCUT2D eigenvalue weighted by atomic mass is 10.2. The van der Waals surface area contributed by atoms with Crippen molar-refractivity contribution >= 4 is 23.1 Å². The molecule has 9 heteroatoms. The van der Waals surface area contributed by atoms with Crippen molar-refractivity contribution in [3.63, 3.8) is 0 Å². The number of hydrogen-bond acceptors (Lipinski definition) is 7. The van der Waals surface area contributed by atoms with Gasteiger partial charge in [0, 0.05) is 24.5 Å². The largest absolute Gasteiger partial charge is 0.769 e. The molecule has 9 nitrogen and oxygen atoms in total. The van der Waals surface area contributed by atoms with Crippen LogP contribution in [0, 0.1) is 10.4 Å². The number of anilines is 3. The third-order valence-corrected chi connectivity index (χ3v) is 3.49. The van der Waals surface area contributed by atoms with Gasteiger partial charge in [-0.3, -0.25) is 10.4 Å². The van der Waals surface area contributed by atoms with Crippen molar-refractivity contribution < 1.29 is 15.2 Å². The van der Waals surface area contributed by atoms with Crippen LogP contribution < -0.4 is 15.8 Å². The molecule has 0 radical (unpaired) electrons. The van der Waals surface area contributed by atoms with Gasteiger partial charge in [-0.05, 0) is 31.0 Å². The molecule has 0 spiro atoms. The zero-order valence-corrected chi connectivity index (χ0v) is 11.9. The van der Waals surface area contributed by atoms with E-state index in [1.807, 2.05) is 0 Å². The standard InChI is InChI=1S/C13H18N4O5/c18-13(15-5-3-1-2-4-6-15)14-10-7-11(16(19)20)9-12(8-10)17(21)22/h7-9,19-20H,1-6H2,(H,14,18)/q-2. The SMILES string of the molecule is O=C(Nc1cc(N([O-])[O-])cc(N(O)O)c1)N1CCCCCC1. The summed E-state index contributed by atoms with van der Waals surface area (Å²) >= 11 is 0. The molecule has 2 rings (SSSR count). The van der Waals surface area contributed by atoms with Crippen molar-refractivity contribution in [3.8, 4) is 0 Å². The number of urea groups is 1. The van der Waals surface area contributed by atoms with Crippen LogP contribution in [0.15, 0.2) is 18.2 Å². The summed E-state index contributed by atoms with van der Waals surface area (Å²) in [6, 6.07) is 3.04. The fourth-order valence-electron chi connectivity index (χ4n) is 2.36. The Labute approximate surface area is 127 Å². The molecule has 1 aliphatic heterocycles. The number of nitrogens with one attached hydrogen (secondary N) is 1. The Kier molecular flexibility index (Phi) is 5.39. The molecule has 0 atom stereocenters. The zero-order valence-electron chi connectivity index (χ0n) is 11.9. The van der Waals surface area contributed by atoms with Gasteiger partial charge < -0.3 is 25.9 Å². The Morgan fingerprint density at radius 2 is 1.64 bits per heavy atom. The van der Waals surface area contributed by atoms with Crippen molar-refractivity contribution in [1.29, 1.82) is 0 Å². The van der Waals surface area contributed by atoms with Gasteiger partial charge in [0.25, 0.3) is 0 Å². The highest BCUT2D eigenvalue weighted by Gasteiger charge is 2.16. The Morgan fingerprint density at radius 1 is 1.05 bits per heavy atom. The molecule has 0 aromatic heterocycles. The third-order valence-electron chi connectivity index (χ3n) is 3.49. The van der Waals surface area contributed by atoms with E-state index in [0.29, 0.717) is 13.1 Å². The van der Waals surface area contributed by atoms with Crippen LogP contribution in [0.4, 0.5) is 21.9 Å². The van der Waals surface area contributed by atoms with Gasteiger partial charge in [-0.25, -0.2) is 4.79 Å². The van der Waals surface area contributed by atoms with E-state index in [4.69, 9.17) is 10.4 Å². The molecule has 0 aliphatic carbocycles. The molecule has 122 valence electrons. The number of benzene rings is 1. The summed E-state index contributed by atoms with van der Waals surface area (Å²) < 4.78 is 0. The first-order valence-corrected chi connectivity index (χ1v) is 7.00. The highest BCUT2D eigenvalue weighted by molar-refractivity contribution is 5.91. The summed E-state index contributed by atoms with van der Waals surface area (Å²) in [4.78, 5) is 13.8. The van der Waals surface area contributed by atoms with Gasteiger partial charge in [0.15, 0.2) is 0 Å². The number of rotatable bonds is 3. The maximum Gasteiger partial charge on any atom is 0.321 e. The molecule has 1 saturated heterocycles. The smallest absolute Gasteiger partial charge is 0.321 e. The molecular formula is C13H18N4O5-2. The second-order valence-corrected chi connectivity index (χ2v) is 5.12. The molecule has 0 saturated carbocycles. The Bertz CT molecular complexity index is 489. The van der Waals surface area contributed by atoms with E-state index in [2.05, 4.69) is 5.32 Å². The number of likely N-dealkylation sites (tertiary alicyclic amines) is 1. The van der Waals surface area contributed by atoms with Crippen LogP contribution in [0.25, 0.3) is 0 Å². The second-order valence-electron chi connectivity index (χ2n) is 5.12. The van der Waals surface area contributed by atoms with Gasteiger partial charge in [-0.1, -0.05) is 12.8 Å². The zero-order chi connectivity index (χ0) is 16.1. The normalized spacial score (nSPS) is 15.2. The average Bonchev–Trinajstić information content (AvgIpc) is 2.75. The van der Waals surface area contributed by atoms with Crippen molar-refractivity contribution in [2.45, 2.75) is 25.7 Å². The molecular weight excluding hydrogens is 292 g/mol. The van der Waals surface area contributed by atoms with E-state index in [1.165, 1.54) is 12.1 Å². The topological polar surface area (TPSA) is 125 Å². The quantitative estimate of drug-likeness (QED) is 0.732. The second kappa shape index (κ2) is 7.27. The van der Waals surface area contributed by atoms with Crippen molar-refractivity contribution in [1.82, 2.24) is 4.90 Å². The monoisotopic (exact) mass is 310 g/mol. The number of hydrogen-bond donors (Lipinski definition) is 3. The lowest BCUT2D eigenvalue weighted by molar-refractivity contribution is 0.0292. The van der Waals surface area contributed by atoms with E-state index in [9.17, 15) is 15.2 Å². The number of amides is 2. The van der Waals surface area contributed by atoms with E-state index in [-0.39, 0.29) is 28.3 Å². The van der Waals surface area contributed by atoms with Gasteiger partial charge >= 0.3 is 6.03 Å². The maximum atomic E-state index is 12.2. The average molecular weight is 310 g/mol. The fourth-order valence-corrected chi connectivity index (χ4v) is 2.36. The number of nitrogens with zero attached hydrogens (tertiary/aromatic N) is 3. The van der Waals surface area contributed by atoms with Crippen molar-refractivity contribution in [2.24, 2.45) is 0 Å². The lowest BCUT2D eigenvalue weighted by Crippen LogP contribution is -2.35. The molecule has 22 heavy (non-hydrogen) atoms. The molecule has 0 bridgehead atoms. The minimum Gasteiger partial charge on any atom is -0.769 e. The van der Waals surface area contributed by atoms with E-state index in [0.717, 1.165) is 31.7 Å². The van der Waals surface area contributed by atoms with E-state index >= 15 is 0 Å². The molecule has 1 fully saturated rings. The summed E-state index contributed by atoms with van der Waals surface area (Å²) in [6.45, 7) is 1.28. The van der Waals surface area contributed by atoms with Crippen molar-refractivity contribution in [3.05, 3.63) is 28.6 Å². The van der Waals surface area contributed by atoms with Crippen LogP contribution in [0.2, 0.25) is 0 Å². The Balaban J connectivity index is 2.15. The summed E-state index contributed by atoms with van der Waals surface area (Å²) in [6.07, 6.45) is 4.01. The maximum absolute atomic E-state index is 12.2.